The molecule has 3 aromatic rings. The topological polar surface area (TPSA) is 83.5 Å². The molecule has 0 aliphatic rings. The molecule has 7 nitrogen and oxygen atoms in total. The molecule has 3 N–H and O–H groups in total. The van der Waals surface area contributed by atoms with Gasteiger partial charge in [-0.05, 0) is 24.4 Å². The third-order valence-electron chi connectivity index (χ3n) is 2.99. The van der Waals surface area contributed by atoms with E-state index in [2.05, 4.69) is 20.8 Å². The average molecular weight is 299 g/mol. The van der Waals surface area contributed by atoms with Crippen molar-refractivity contribution in [3.8, 4) is 5.69 Å². The third-order valence-corrected chi connectivity index (χ3v) is 3.28. The Bertz CT molecular complexity index is 850. The molecule has 0 spiro atoms. The molecule has 2 heterocycles. The molecular weight excluding hydrogens is 286 g/mol. The van der Waals surface area contributed by atoms with Gasteiger partial charge in [0.15, 0.2) is 16.2 Å². The fraction of sp³-hybridized carbons (Fsp3) is 0.0769. The summed E-state index contributed by atoms with van der Waals surface area (Å²) in [4.78, 5) is 4.36. The Kier molecular flexibility index (Phi) is 3.36. The van der Waals surface area contributed by atoms with Crippen LogP contribution in [0.3, 0.4) is 0 Å². The lowest BCUT2D eigenvalue weighted by Gasteiger charge is -2.10. The lowest BCUT2D eigenvalue weighted by atomic mass is 10.3. The first-order valence-electron chi connectivity index (χ1n) is 6.25. The summed E-state index contributed by atoms with van der Waals surface area (Å²) < 4.78 is 3.15. The van der Waals surface area contributed by atoms with E-state index in [0.29, 0.717) is 16.1 Å². The number of rotatable bonds is 2. The lowest BCUT2D eigenvalue weighted by Crippen LogP contribution is -2.37. The molecule has 0 saturated carbocycles. The van der Waals surface area contributed by atoms with Crippen LogP contribution < -0.4 is 16.2 Å². The van der Waals surface area contributed by atoms with Gasteiger partial charge in [0.25, 0.3) is 0 Å². The van der Waals surface area contributed by atoms with Crippen LogP contribution in [0.4, 0.5) is 0 Å². The van der Waals surface area contributed by atoms with Crippen molar-refractivity contribution in [2.45, 2.75) is 0 Å². The van der Waals surface area contributed by atoms with Gasteiger partial charge in [0.2, 0.25) is 0 Å². The molecule has 0 radical (unpaired) electrons. The van der Waals surface area contributed by atoms with Gasteiger partial charge in [-0.15, -0.1) is 0 Å². The Balaban J connectivity index is 2.11. The molecule has 8 heteroatoms. The monoisotopic (exact) mass is 299 g/mol. The van der Waals surface area contributed by atoms with Crippen molar-refractivity contribution in [3.63, 3.8) is 0 Å². The lowest BCUT2D eigenvalue weighted by molar-refractivity contribution is 0.833. The zero-order valence-electron chi connectivity index (χ0n) is 11.2. The number of thiocarbonyl (C=S) groups is 1. The van der Waals surface area contributed by atoms with Crippen molar-refractivity contribution in [3.05, 3.63) is 48.3 Å². The second-order valence-corrected chi connectivity index (χ2v) is 4.69. The molecule has 0 atom stereocenters. The first kappa shape index (κ1) is 13.3. The van der Waals surface area contributed by atoms with E-state index in [1.165, 1.54) is 11.0 Å². The van der Waals surface area contributed by atoms with Gasteiger partial charge in [0.05, 0.1) is 17.3 Å². The number of para-hydroxylation sites is 1. The van der Waals surface area contributed by atoms with Gasteiger partial charge >= 0.3 is 0 Å². The van der Waals surface area contributed by atoms with Crippen LogP contribution in [0.2, 0.25) is 0 Å². The summed E-state index contributed by atoms with van der Waals surface area (Å²) in [6.07, 6.45) is 3.13. The Labute approximate surface area is 125 Å². The zero-order chi connectivity index (χ0) is 14.8. The van der Waals surface area contributed by atoms with E-state index in [4.69, 9.17) is 17.6 Å². The van der Waals surface area contributed by atoms with Crippen LogP contribution in [0, 0.1) is 5.41 Å². The first-order valence-corrected chi connectivity index (χ1v) is 6.65. The molecule has 0 aliphatic carbocycles. The Morgan fingerprint density at radius 3 is 2.76 bits per heavy atom. The molecule has 0 aliphatic heterocycles. The summed E-state index contributed by atoms with van der Waals surface area (Å²) in [7, 11) is 1.71. The maximum atomic E-state index is 8.20. The minimum Gasteiger partial charge on any atom is -0.364 e. The zero-order valence-corrected chi connectivity index (χ0v) is 12.1. The van der Waals surface area contributed by atoms with Gasteiger partial charge in [-0.2, -0.15) is 5.10 Å². The molecule has 2 aromatic heterocycles. The Morgan fingerprint density at radius 1 is 1.29 bits per heavy atom. The van der Waals surface area contributed by atoms with E-state index in [1.54, 1.807) is 17.9 Å². The predicted octanol–water partition coefficient (Wildman–Crippen LogP) is 0.749. The van der Waals surface area contributed by atoms with Crippen LogP contribution in [0.1, 0.15) is 0 Å². The second kappa shape index (κ2) is 5.33. The van der Waals surface area contributed by atoms with Crippen molar-refractivity contribution in [2.24, 2.45) is 0 Å². The number of fused-ring (bicyclic) bond motifs is 1. The maximum absolute atomic E-state index is 8.20. The maximum Gasteiger partial charge on any atom is 0.185 e. The van der Waals surface area contributed by atoms with Crippen molar-refractivity contribution >= 4 is 28.4 Å². The summed E-state index contributed by atoms with van der Waals surface area (Å²) in [5.41, 5.74) is 4.61. The van der Waals surface area contributed by atoms with Crippen LogP contribution in [0.25, 0.3) is 16.7 Å². The van der Waals surface area contributed by atoms with Crippen LogP contribution in [-0.2, 0) is 0 Å². The first-order chi connectivity index (χ1) is 10.2. The highest BCUT2D eigenvalue weighted by atomic mass is 32.1. The van der Waals surface area contributed by atoms with Gasteiger partial charge in [-0.3, -0.25) is 10.8 Å². The van der Waals surface area contributed by atoms with Crippen LogP contribution in [-0.4, -0.2) is 31.6 Å². The highest BCUT2D eigenvalue weighted by Crippen LogP contribution is 2.12. The quantitative estimate of drug-likeness (QED) is 0.608. The fourth-order valence-corrected chi connectivity index (χ4v) is 2.04. The molecule has 0 bridgehead atoms. The van der Waals surface area contributed by atoms with Crippen LogP contribution >= 0.6 is 12.2 Å². The van der Waals surface area contributed by atoms with Crippen molar-refractivity contribution in [1.29, 1.82) is 5.41 Å². The number of nitrogens with one attached hydrogen (secondary N) is 3. The van der Waals surface area contributed by atoms with Gasteiger partial charge in [-0.25, -0.2) is 14.3 Å². The van der Waals surface area contributed by atoms with E-state index in [-0.39, 0.29) is 5.49 Å². The number of aromatic nitrogens is 4. The normalized spacial score (nSPS) is 10.5. The summed E-state index contributed by atoms with van der Waals surface area (Å²) in [5.74, 6) is 0. The molecule has 3 rings (SSSR count). The Hall–Kier alpha value is -2.74. The van der Waals surface area contributed by atoms with Gasteiger partial charge in [-0.1, -0.05) is 18.2 Å². The summed E-state index contributed by atoms with van der Waals surface area (Å²) in [5, 5.41) is 16.3. The molecule has 0 saturated heterocycles. The smallest absolute Gasteiger partial charge is 0.185 e. The number of hydrogen-bond donors (Lipinski definition) is 3. The van der Waals surface area contributed by atoms with Gasteiger partial charge in [0.1, 0.15) is 6.33 Å². The molecule has 0 amide bonds. The number of hydrogen-bond acceptors (Lipinski definition) is 4. The second-order valence-electron chi connectivity index (χ2n) is 4.28. The molecule has 106 valence electrons. The molecule has 0 unspecified atom stereocenters. The standard InChI is InChI=1S/C13H13N7S/c1-15-13(21)18-19-8-16-12-10(11(19)14)7-17-20(12)9-5-3-2-4-6-9/h2-8,14H,1H3,(H2,15,18,21). The van der Waals surface area contributed by atoms with E-state index < -0.39 is 0 Å². The highest BCUT2D eigenvalue weighted by molar-refractivity contribution is 7.80. The average Bonchev–Trinajstić information content (AvgIpc) is 2.95. The summed E-state index contributed by atoms with van der Waals surface area (Å²) >= 11 is 5.03. The molecular formula is C13H13N7S. The van der Waals surface area contributed by atoms with Crippen LogP contribution in [0.15, 0.2) is 42.9 Å². The third kappa shape index (κ3) is 2.36. The largest absolute Gasteiger partial charge is 0.364 e. The van der Waals surface area contributed by atoms with E-state index in [1.807, 2.05) is 30.3 Å². The molecule has 0 fully saturated rings. The van der Waals surface area contributed by atoms with Crippen molar-refractivity contribution in [1.82, 2.24) is 24.8 Å². The van der Waals surface area contributed by atoms with Gasteiger partial charge in [0, 0.05) is 7.05 Å². The predicted molar refractivity (Wildman–Crippen MR) is 83.7 cm³/mol. The fourth-order valence-electron chi connectivity index (χ4n) is 1.94. The minimum atomic E-state index is 0.236. The van der Waals surface area contributed by atoms with Crippen molar-refractivity contribution in [2.75, 3.05) is 12.5 Å². The highest BCUT2D eigenvalue weighted by Gasteiger charge is 2.09. The van der Waals surface area contributed by atoms with E-state index >= 15 is 0 Å². The van der Waals surface area contributed by atoms with Crippen molar-refractivity contribution < 1.29 is 0 Å². The Morgan fingerprint density at radius 2 is 2.05 bits per heavy atom. The van der Waals surface area contributed by atoms with E-state index in [9.17, 15) is 0 Å². The van der Waals surface area contributed by atoms with Crippen LogP contribution in [0.5, 0.6) is 0 Å². The molecule has 1 aromatic carbocycles. The summed E-state index contributed by atoms with van der Waals surface area (Å²) in [6, 6.07) is 9.68. The summed E-state index contributed by atoms with van der Waals surface area (Å²) in [6.45, 7) is 0. The number of nitrogens with zero attached hydrogens (tertiary/aromatic N) is 4. The minimum absolute atomic E-state index is 0.236. The molecule has 21 heavy (non-hydrogen) atoms. The SMILES string of the molecule is CNC(=S)Nn1cnc2c(cnn2-c2ccccc2)c1=N. The number of benzene rings is 1. The van der Waals surface area contributed by atoms with E-state index in [0.717, 1.165) is 5.69 Å². The van der Waals surface area contributed by atoms with Gasteiger partial charge < -0.3 is 5.32 Å².